The van der Waals surface area contributed by atoms with Crippen molar-refractivity contribution in [3.8, 4) is 0 Å². The number of likely N-dealkylation sites (tertiary alicyclic amines) is 1. The molecule has 0 atom stereocenters. The van der Waals surface area contributed by atoms with Gasteiger partial charge in [-0.05, 0) is 43.6 Å². The highest BCUT2D eigenvalue weighted by atomic mass is 79.9. The van der Waals surface area contributed by atoms with Gasteiger partial charge in [0.1, 0.15) is 0 Å². The molecule has 0 aliphatic carbocycles. The van der Waals surface area contributed by atoms with Gasteiger partial charge in [-0.25, -0.2) is 0 Å². The maximum Gasteiger partial charge on any atom is 0.0417 e. The van der Waals surface area contributed by atoms with Crippen molar-refractivity contribution in [2.45, 2.75) is 25.8 Å². The molecule has 1 saturated heterocycles. The van der Waals surface area contributed by atoms with Crippen molar-refractivity contribution in [2.75, 3.05) is 26.2 Å². The minimum absolute atomic E-state index is 0.777. The van der Waals surface area contributed by atoms with Gasteiger partial charge in [0.05, 0.1) is 0 Å². The van der Waals surface area contributed by atoms with Crippen LogP contribution in [0.25, 0.3) is 0 Å². The monoisotopic (exact) mass is 330 g/mol. The number of nitrogens with one attached hydrogen (secondary N) is 1. The molecule has 1 aliphatic heterocycles. The summed E-state index contributed by atoms with van der Waals surface area (Å²) in [6.45, 7) is 5.64. The van der Waals surface area contributed by atoms with Crippen LogP contribution in [0.4, 0.5) is 0 Å². The number of halogens is 2. The lowest BCUT2D eigenvalue weighted by Crippen LogP contribution is -2.35. The smallest absolute Gasteiger partial charge is 0.0417 e. The molecule has 1 N–H and O–H groups in total. The van der Waals surface area contributed by atoms with E-state index in [1.807, 2.05) is 12.1 Å². The van der Waals surface area contributed by atoms with Crippen LogP contribution < -0.4 is 5.32 Å². The zero-order chi connectivity index (χ0) is 12.8. The van der Waals surface area contributed by atoms with E-state index in [4.69, 9.17) is 11.6 Å². The summed E-state index contributed by atoms with van der Waals surface area (Å²) >= 11 is 9.46. The first-order valence-corrected chi connectivity index (χ1v) is 7.80. The molecule has 0 unspecified atom stereocenters. The number of nitrogens with zero attached hydrogens (tertiary/aromatic N) is 1. The maximum atomic E-state index is 5.92. The lowest BCUT2D eigenvalue weighted by atomic mass is 10.1. The molecule has 4 heteroatoms. The largest absolute Gasteiger partial charge is 0.311 e. The maximum absolute atomic E-state index is 5.92. The average molecular weight is 332 g/mol. The summed E-state index contributed by atoms with van der Waals surface area (Å²) in [5.74, 6) is 0. The number of benzene rings is 1. The predicted octanol–water partition coefficient (Wildman–Crippen LogP) is 3.68. The molecule has 18 heavy (non-hydrogen) atoms. The van der Waals surface area contributed by atoms with Crippen molar-refractivity contribution in [3.63, 3.8) is 0 Å². The lowest BCUT2D eigenvalue weighted by Gasteiger charge is -2.26. The molecular formula is C14H20BrClN2. The molecule has 2 rings (SSSR count). The highest BCUT2D eigenvalue weighted by molar-refractivity contribution is 9.10. The van der Waals surface area contributed by atoms with Gasteiger partial charge in [0.15, 0.2) is 0 Å². The molecule has 1 aromatic carbocycles. The third-order valence-corrected chi connectivity index (χ3v) is 4.36. The number of rotatable bonds is 5. The van der Waals surface area contributed by atoms with E-state index in [1.54, 1.807) is 0 Å². The van der Waals surface area contributed by atoms with Crippen LogP contribution in [0.2, 0.25) is 5.02 Å². The van der Waals surface area contributed by atoms with E-state index < -0.39 is 0 Å². The second-order valence-corrected chi connectivity index (χ2v) is 6.11. The molecule has 0 aromatic heterocycles. The Labute approximate surface area is 123 Å². The summed E-state index contributed by atoms with van der Waals surface area (Å²) in [7, 11) is 0. The summed E-state index contributed by atoms with van der Waals surface area (Å²) in [4.78, 5) is 2.55. The van der Waals surface area contributed by atoms with Crippen molar-refractivity contribution in [1.29, 1.82) is 0 Å². The SMILES string of the molecule is Clc1ccc(CNCCN2CCCCC2)c(Br)c1. The van der Waals surface area contributed by atoms with Crippen molar-refractivity contribution in [3.05, 3.63) is 33.3 Å². The second-order valence-electron chi connectivity index (χ2n) is 4.81. The van der Waals surface area contributed by atoms with Gasteiger partial charge in [0, 0.05) is 29.1 Å². The van der Waals surface area contributed by atoms with Gasteiger partial charge < -0.3 is 10.2 Å². The first-order valence-electron chi connectivity index (χ1n) is 6.63. The van der Waals surface area contributed by atoms with Gasteiger partial charge in [-0.1, -0.05) is 40.0 Å². The van der Waals surface area contributed by atoms with E-state index in [0.29, 0.717) is 0 Å². The normalized spacial score (nSPS) is 17.0. The van der Waals surface area contributed by atoms with Crippen molar-refractivity contribution in [2.24, 2.45) is 0 Å². The van der Waals surface area contributed by atoms with Crippen LogP contribution in [0.15, 0.2) is 22.7 Å². The van der Waals surface area contributed by atoms with Crippen LogP contribution in [0.1, 0.15) is 24.8 Å². The Morgan fingerprint density at radius 1 is 1.22 bits per heavy atom. The van der Waals surface area contributed by atoms with Crippen LogP contribution in [0.5, 0.6) is 0 Å². The Bertz CT molecular complexity index is 378. The minimum Gasteiger partial charge on any atom is -0.311 e. The van der Waals surface area contributed by atoms with Crippen LogP contribution in [-0.2, 0) is 6.54 Å². The molecule has 1 heterocycles. The van der Waals surface area contributed by atoms with Crippen LogP contribution in [-0.4, -0.2) is 31.1 Å². The second kappa shape index (κ2) is 7.49. The lowest BCUT2D eigenvalue weighted by molar-refractivity contribution is 0.229. The van der Waals surface area contributed by atoms with E-state index >= 15 is 0 Å². The van der Waals surface area contributed by atoms with Gasteiger partial charge in [-0.3, -0.25) is 0 Å². The summed E-state index contributed by atoms with van der Waals surface area (Å²) in [5.41, 5.74) is 1.26. The molecule has 100 valence electrons. The van der Waals surface area contributed by atoms with Gasteiger partial charge in [0.2, 0.25) is 0 Å². The van der Waals surface area contributed by atoms with Crippen LogP contribution >= 0.6 is 27.5 Å². The highest BCUT2D eigenvalue weighted by Gasteiger charge is 2.08. The van der Waals surface area contributed by atoms with Gasteiger partial charge >= 0.3 is 0 Å². The highest BCUT2D eigenvalue weighted by Crippen LogP contribution is 2.21. The van der Waals surface area contributed by atoms with E-state index in [-0.39, 0.29) is 0 Å². The number of hydrogen-bond donors (Lipinski definition) is 1. The Balaban J connectivity index is 1.68. The first-order chi connectivity index (χ1) is 8.75. The topological polar surface area (TPSA) is 15.3 Å². The Kier molecular flexibility index (Phi) is 5.96. The Morgan fingerprint density at radius 3 is 2.72 bits per heavy atom. The van der Waals surface area contributed by atoms with E-state index in [0.717, 1.165) is 29.1 Å². The van der Waals surface area contributed by atoms with E-state index in [2.05, 4.69) is 32.2 Å². The van der Waals surface area contributed by atoms with Crippen molar-refractivity contribution in [1.82, 2.24) is 10.2 Å². The molecule has 0 spiro atoms. The summed E-state index contributed by atoms with van der Waals surface area (Å²) < 4.78 is 1.08. The first kappa shape index (κ1) is 14.3. The third kappa shape index (κ3) is 4.54. The fourth-order valence-electron chi connectivity index (χ4n) is 2.31. The van der Waals surface area contributed by atoms with Crippen molar-refractivity contribution >= 4 is 27.5 Å². The summed E-state index contributed by atoms with van der Waals surface area (Å²) in [6, 6.07) is 5.96. The molecular weight excluding hydrogens is 312 g/mol. The third-order valence-electron chi connectivity index (χ3n) is 3.38. The molecule has 0 saturated carbocycles. The Morgan fingerprint density at radius 2 is 2.00 bits per heavy atom. The van der Waals surface area contributed by atoms with Crippen molar-refractivity contribution < 1.29 is 0 Å². The van der Waals surface area contributed by atoms with Gasteiger partial charge in [0.25, 0.3) is 0 Å². The molecule has 1 aliphatic rings. The zero-order valence-electron chi connectivity index (χ0n) is 10.6. The minimum atomic E-state index is 0.777. The fourth-order valence-corrected chi connectivity index (χ4v) is 3.13. The summed E-state index contributed by atoms with van der Waals surface area (Å²) in [6.07, 6.45) is 4.13. The fraction of sp³-hybridized carbons (Fsp3) is 0.571. The molecule has 0 radical (unpaired) electrons. The van der Waals surface area contributed by atoms with Crippen LogP contribution in [0.3, 0.4) is 0 Å². The Hall–Kier alpha value is -0.0900. The number of hydrogen-bond acceptors (Lipinski definition) is 2. The zero-order valence-corrected chi connectivity index (χ0v) is 12.9. The summed E-state index contributed by atoms with van der Waals surface area (Å²) in [5, 5.41) is 4.27. The standard InChI is InChI=1S/C14H20BrClN2/c15-14-10-13(16)5-4-12(14)11-17-6-9-18-7-2-1-3-8-18/h4-5,10,17H,1-3,6-9,11H2. The van der Waals surface area contributed by atoms with Gasteiger partial charge in [-0.2, -0.15) is 0 Å². The molecule has 1 aromatic rings. The van der Waals surface area contributed by atoms with Gasteiger partial charge in [-0.15, -0.1) is 0 Å². The molecule has 0 bridgehead atoms. The van der Waals surface area contributed by atoms with Crippen LogP contribution in [0, 0.1) is 0 Å². The number of piperidine rings is 1. The van der Waals surface area contributed by atoms with E-state index in [1.165, 1.54) is 37.9 Å². The average Bonchev–Trinajstić information content (AvgIpc) is 2.38. The predicted molar refractivity (Wildman–Crippen MR) is 81.1 cm³/mol. The quantitative estimate of drug-likeness (QED) is 0.828. The molecule has 2 nitrogen and oxygen atoms in total. The van der Waals surface area contributed by atoms with E-state index in [9.17, 15) is 0 Å². The molecule has 1 fully saturated rings. The molecule has 0 amide bonds.